The second-order valence-corrected chi connectivity index (χ2v) is 2.94. The van der Waals surface area contributed by atoms with Gasteiger partial charge in [0.15, 0.2) is 6.10 Å². The van der Waals surface area contributed by atoms with E-state index in [1.165, 1.54) is 14.2 Å². The molecule has 1 aromatic carbocycles. The van der Waals surface area contributed by atoms with Gasteiger partial charge in [-0.25, -0.2) is 4.79 Å². The molecule has 3 nitrogen and oxygen atoms in total. The van der Waals surface area contributed by atoms with Crippen LogP contribution in [0.25, 0.3) is 0 Å². The quantitative estimate of drug-likeness (QED) is 0.680. The molecule has 1 rings (SSSR count). The van der Waals surface area contributed by atoms with E-state index in [2.05, 4.69) is 4.74 Å². The largest absolute Gasteiger partial charge is 0.467 e. The van der Waals surface area contributed by atoms with Gasteiger partial charge in [-0.2, -0.15) is 0 Å². The Bertz CT molecular complexity index is 282. The second-order valence-electron chi connectivity index (χ2n) is 2.94. The Morgan fingerprint density at radius 1 is 1.29 bits per heavy atom. The minimum absolute atomic E-state index is 0.337. The van der Waals surface area contributed by atoms with Crippen molar-refractivity contribution in [3.63, 3.8) is 0 Å². The van der Waals surface area contributed by atoms with Crippen molar-refractivity contribution in [2.24, 2.45) is 0 Å². The Morgan fingerprint density at radius 2 is 1.93 bits per heavy atom. The maximum atomic E-state index is 11.2. The number of carbonyl (C=O) groups excluding carboxylic acids is 1. The van der Waals surface area contributed by atoms with E-state index in [4.69, 9.17) is 4.74 Å². The molecule has 1 unspecified atom stereocenters. The summed E-state index contributed by atoms with van der Waals surface area (Å²) in [5, 5.41) is 0. The van der Waals surface area contributed by atoms with Crippen molar-refractivity contribution in [1.29, 1.82) is 0 Å². The highest BCUT2D eigenvalue weighted by atomic mass is 16.6. The SMILES string of the molecule is COC(=O)C(Cc1ccccc1)OC. The zero-order chi connectivity index (χ0) is 10.4. The number of methoxy groups -OCH3 is 2. The molecule has 3 heteroatoms. The van der Waals surface area contributed by atoms with E-state index in [0.29, 0.717) is 6.42 Å². The Hall–Kier alpha value is -1.35. The first-order chi connectivity index (χ1) is 6.77. The van der Waals surface area contributed by atoms with E-state index < -0.39 is 6.10 Å². The summed E-state index contributed by atoms with van der Waals surface area (Å²) in [6.45, 7) is 0. The molecule has 0 aromatic heterocycles. The van der Waals surface area contributed by atoms with Gasteiger partial charge in [-0.05, 0) is 5.56 Å². The molecule has 0 heterocycles. The summed E-state index contributed by atoms with van der Waals surface area (Å²) >= 11 is 0. The van der Waals surface area contributed by atoms with Gasteiger partial charge in [-0.15, -0.1) is 0 Å². The summed E-state index contributed by atoms with van der Waals surface area (Å²) < 4.78 is 9.64. The summed E-state index contributed by atoms with van der Waals surface area (Å²) in [6.07, 6.45) is 0.0340. The molecule has 0 fully saturated rings. The lowest BCUT2D eigenvalue weighted by molar-refractivity contribution is -0.152. The third kappa shape index (κ3) is 2.85. The number of ether oxygens (including phenoxy) is 2. The first-order valence-corrected chi connectivity index (χ1v) is 4.42. The van der Waals surface area contributed by atoms with Crippen LogP contribution < -0.4 is 0 Å². The maximum absolute atomic E-state index is 11.2. The van der Waals surface area contributed by atoms with Crippen molar-refractivity contribution in [2.75, 3.05) is 14.2 Å². The number of carbonyl (C=O) groups is 1. The summed E-state index contributed by atoms with van der Waals surface area (Å²) in [4.78, 5) is 11.2. The van der Waals surface area contributed by atoms with E-state index in [1.807, 2.05) is 30.3 Å². The molecule has 1 atom stereocenters. The van der Waals surface area contributed by atoms with Crippen molar-refractivity contribution < 1.29 is 14.3 Å². The van der Waals surface area contributed by atoms with E-state index >= 15 is 0 Å². The van der Waals surface area contributed by atoms with Crippen LogP contribution in [0, 0.1) is 0 Å². The standard InChI is InChI=1S/C11H14O3/c1-13-10(11(12)14-2)8-9-6-4-3-5-7-9/h3-7,10H,8H2,1-2H3. The van der Waals surface area contributed by atoms with Crippen LogP contribution in [-0.2, 0) is 20.7 Å². The highest BCUT2D eigenvalue weighted by Gasteiger charge is 2.18. The summed E-state index contributed by atoms with van der Waals surface area (Å²) in [6, 6.07) is 9.70. The fraction of sp³-hybridized carbons (Fsp3) is 0.364. The summed E-state index contributed by atoms with van der Waals surface area (Å²) in [7, 11) is 2.86. The first kappa shape index (κ1) is 10.7. The van der Waals surface area contributed by atoms with Crippen LogP contribution in [-0.4, -0.2) is 26.3 Å². The van der Waals surface area contributed by atoms with Gasteiger partial charge >= 0.3 is 5.97 Å². The molecule has 76 valence electrons. The zero-order valence-electron chi connectivity index (χ0n) is 8.40. The van der Waals surface area contributed by atoms with E-state index in [-0.39, 0.29) is 5.97 Å². The van der Waals surface area contributed by atoms with Crippen LogP contribution in [0.3, 0.4) is 0 Å². The summed E-state index contributed by atoms with van der Waals surface area (Å²) in [5.41, 5.74) is 1.06. The number of benzene rings is 1. The smallest absolute Gasteiger partial charge is 0.335 e. The predicted octanol–water partition coefficient (Wildman–Crippen LogP) is 1.42. The van der Waals surface area contributed by atoms with Crippen LogP contribution in [0.1, 0.15) is 5.56 Å². The van der Waals surface area contributed by atoms with Gasteiger partial charge in [0.05, 0.1) is 7.11 Å². The van der Waals surface area contributed by atoms with E-state index in [9.17, 15) is 4.79 Å². The number of hydrogen-bond donors (Lipinski definition) is 0. The molecule has 0 radical (unpaired) electrons. The molecule has 0 saturated heterocycles. The Kier molecular flexibility index (Phi) is 4.13. The highest BCUT2D eigenvalue weighted by molar-refractivity contribution is 5.74. The molecule has 0 saturated carbocycles. The monoisotopic (exact) mass is 194 g/mol. The van der Waals surface area contributed by atoms with Crippen molar-refractivity contribution in [2.45, 2.75) is 12.5 Å². The third-order valence-electron chi connectivity index (χ3n) is 2.01. The number of esters is 1. The second kappa shape index (κ2) is 5.40. The van der Waals surface area contributed by atoms with E-state index in [1.54, 1.807) is 0 Å². The maximum Gasteiger partial charge on any atom is 0.335 e. The molecule has 0 bridgehead atoms. The highest BCUT2D eigenvalue weighted by Crippen LogP contribution is 2.06. The van der Waals surface area contributed by atoms with E-state index in [0.717, 1.165) is 5.56 Å². The molecule has 0 aliphatic heterocycles. The average Bonchev–Trinajstić information content (AvgIpc) is 2.26. The minimum atomic E-state index is -0.512. The number of hydrogen-bond acceptors (Lipinski definition) is 3. The lowest BCUT2D eigenvalue weighted by Gasteiger charge is -2.12. The fourth-order valence-corrected chi connectivity index (χ4v) is 1.22. The normalized spacial score (nSPS) is 12.1. The van der Waals surface area contributed by atoms with Crippen molar-refractivity contribution in [3.05, 3.63) is 35.9 Å². The summed E-state index contributed by atoms with van der Waals surface area (Å²) in [5.74, 6) is -0.337. The Morgan fingerprint density at radius 3 is 2.43 bits per heavy atom. The lowest BCUT2D eigenvalue weighted by Crippen LogP contribution is -2.26. The minimum Gasteiger partial charge on any atom is -0.467 e. The van der Waals surface area contributed by atoms with Gasteiger partial charge in [-0.3, -0.25) is 0 Å². The van der Waals surface area contributed by atoms with Crippen molar-refractivity contribution >= 4 is 5.97 Å². The third-order valence-corrected chi connectivity index (χ3v) is 2.01. The van der Waals surface area contributed by atoms with Crippen molar-refractivity contribution in [3.8, 4) is 0 Å². The molecule has 1 aromatic rings. The molecule has 0 aliphatic rings. The fourth-order valence-electron chi connectivity index (χ4n) is 1.22. The molecular formula is C11H14O3. The van der Waals surface area contributed by atoms with Crippen LogP contribution in [0.4, 0.5) is 0 Å². The molecular weight excluding hydrogens is 180 g/mol. The molecule has 0 amide bonds. The van der Waals surface area contributed by atoms with Gasteiger partial charge < -0.3 is 9.47 Å². The first-order valence-electron chi connectivity index (χ1n) is 4.42. The molecule has 14 heavy (non-hydrogen) atoms. The Balaban J connectivity index is 2.62. The van der Waals surface area contributed by atoms with Gasteiger partial charge in [0.25, 0.3) is 0 Å². The van der Waals surface area contributed by atoms with Gasteiger partial charge in [0.2, 0.25) is 0 Å². The molecule has 0 aliphatic carbocycles. The van der Waals surface area contributed by atoms with Crippen LogP contribution in [0.15, 0.2) is 30.3 Å². The zero-order valence-corrected chi connectivity index (χ0v) is 8.40. The predicted molar refractivity (Wildman–Crippen MR) is 53.0 cm³/mol. The van der Waals surface area contributed by atoms with Gasteiger partial charge in [0.1, 0.15) is 0 Å². The van der Waals surface area contributed by atoms with Crippen LogP contribution in [0.2, 0.25) is 0 Å². The average molecular weight is 194 g/mol. The topological polar surface area (TPSA) is 35.5 Å². The van der Waals surface area contributed by atoms with Crippen LogP contribution in [0.5, 0.6) is 0 Å². The molecule has 0 spiro atoms. The molecule has 0 N–H and O–H groups in total. The van der Waals surface area contributed by atoms with Gasteiger partial charge in [-0.1, -0.05) is 30.3 Å². The van der Waals surface area contributed by atoms with Crippen molar-refractivity contribution in [1.82, 2.24) is 0 Å². The Labute approximate surface area is 83.6 Å². The lowest BCUT2D eigenvalue weighted by atomic mass is 10.1. The van der Waals surface area contributed by atoms with Crippen LogP contribution >= 0.6 is 0 Å². The van der Waals surface area contributed by atoms with Gasteiger partial charge in [0, 0.05) is 13.5 Å². The number of rotatable bonds is 4.